The van der Waals surface area contributed by atoms with Crippen LogP contribution in [0, 0.1) is 10.1 Å². The second-order valence-corrected chi connectivity index (χ2v) is 8.72. The highest BCUT2D eigenvalue weighted by Gasteiger charge is 2.44. The highest BCUT2D eigenvalue weighted by atomic mass is 32.2. The zero-order valence-corrected chi connectivity index (χ0v) is 16.2. The molecule has 154 valence electrons. The largest absolute Gasteiger partial charge is 0.480 e. The number of hydrogen-bond acceptors (Lipinski definition) is 8. The molecular weight excluding hydrogens is 396 g/mol. The summed E-state index contributed by atoms with van der Waals surface area (Å²) in [6.07, 6.45) is -2.32. The first-order valence-electron chi connectivity index (χ1n) is 8.20. The summed E-state index contributed by atoms with van der Waals surface area (Å²) in [6.45, 7) is 4.51. The number of nitrogens with zero attached hydrogens (tertiary/aromatic N) is 2. The van der Waals surface area contributed by atoms with Gasteiger partial charge in [-0.1, -0.05) is 6.07 Å². The molecule has 11 nitrogen and oxygen atoms in total. The van der Waals surface area contributed by atoms with E-state index < -0.39 is 55.4 Å². The van der Waals surface area contributed by atoms with Gasteiger partial charge in [0.15, 0.2) is 0 Å². The third-order valence-electron chi connectivity index (χ3n) is 3.76. The number of carbonyl (C=O) groups excluding carboxylic acids is 1. The smallest absolute Gasteiger partial charge is 0.411 e. The third kappa shape index (κ3) is 5.16. The van der Waals surface area contributed by atoms with E-state index in [1.807, 2.05) is 0 Å². The van der Waals surface area contributed by atoms with Crippen LogP contribution in [0.15, 0.2) is 29.2 Å². The van der Waals surface area contributed by atoms with Crippen LogP contribution in [0.4, 0.5) is 10.5 Å². The van der Waals surface area contributed by atoms with Crippen LogP contribution in [0.2, 0.25) is 0 Å². The molecule has 1 saturated heterocycles. The van der Waals surface area contributed by atoms with Crippen LogP contribution in [0.1, 0.15) is 27.2 Å². The van der Waals surface area contributed by atoms with Crippen molar-refractivity contribution < 1.29 is 37.0 Å². The minimum atomic E-state index is -4.41. The lowest BCUT2D eigenvalue weighted by Gasteiger charge is -2.26. The van der Waals surface area contributed by atoms with E-state index in [1.54, 1.807) is 20.8 Å². The molecule has 0 bridgehead atoms. The predicted molar refractivity (Wildman–Crippen MR) is 94.1 cm³/mol. The summed E-state index contributed by atoms with van der Waals surface area (Å²) in [5.41, 5.74) is -1.30. The number of rotatable bonds is 5. The molecule has 0 saturated carbocycles. The lowest BCUT2D eigenvalue weighted by atomic mass is 10.2. The summed E-state index contributed by atoms with van der Waals surface area (Å²) in [7, 11) is -4.41. The monoisotopic (exact) mass is 416 g/mol. The molecule has 1 aliphatic heterocycles. The fraction of sp³-hybridized carbons (Fsp3) is 0.500. The molecule has 1 fully saturated rings. The number of likely N-dealkylation sites (tertiary alicyclic amines) is 1. The Balaban J connectivity index is 2.20. The maximum Gasteiger partial charge on any atom is 0.411 e. The number of ether oxygens (including phenoxy) is 1. The number of carboxylic acids is 1. The van der Waals surface area contributed by atoms with Gasteiger partial charge in [-0.15, -0.1) is 0 Å². The van der Waals surface area contributed by atoms with Crippen molar-refractivity contribution in [2.24, 2.45) is 0 Å². The van der Waals surface area contributed by atoms with Crippen molar-refractivity contribution in [2.75, 3.05) is 6.54 Å². The average molecular weight is 416 g/mol. The number of non-ortho nitro benzene ring substituents is 1. The van der Waals surface area contributed by atoms with E-state index >= 15 is 0 Å². The SMILES string of the molecule is CC(C)(C)OC(=O)N1C[C@@H](OS(=O)(=O)c2cccc([N+](=O)[O-])c2)C[C@H]1C(=O)O. The third-order valence-corrected chi connectivity index (χ3v) is 5.11. The van der Waals surface area contributed by atoms with E-state index in [2.05, 4.69) is 0 Å². The molecule has 1 heterocycles. The minimum absolute atomic E-state index is 0.275. The van der Waals surface area contributed by atoms with E-state index in [0.29, 0.717) is 0 Å². The van der Waals surface area contributed by atoms with E-state index in [9.17, 15) is 33.2 Å². The van der Waals surface area contributed by atoms with E-state index in [-0.39, 0.29) is 13.0 Å². The van der Waals surface area contributed by atoms with Crippen LogP contribution >= 0.6 is 0 Å². The van der Waals surface area contributed by atoms with Gasteiger partial charge in [-0.05, 0) is 26.8 Å². The minimum Gasteiger partial charge on any atom is -0.480 e. The predicted octanol–water partition coefficient (Wildman–Crippen LogP) is 1.76. The van der Waals surface area contributed by atoms with Gasteiger partial charge in [-0.2, -0.15) is 8.42 Å². The van der Waals surface area contributed by atoms with E-state index in [4.69, 9.17) is 8.92 Å². The summed E-state index contributed by atoms with van der Waals surface area (Å²) in [4.78, 5) is 34.2. The Morgan fingerprint density at radius 3 is 2.50 bits per heavy atom. The number of aliphatic carboxylic acids is 1. The number of hydrogen-bond donors (Lipinski definition) is 1. The lowest BCUT2D eigenvalue weighted by Crippen LogP contribution is -2.43. The Labute approximate surface area is 161 Å². The first-order valence-corrected chi connectivity index (χ1v) is 9.61. The molecule has 28 heavy (non-hydrogen) atoms. The van der Waals surface area contributed by atoms with Crippen molar-refractivity contribution in [3.8, 4) is 0 Å². The number of nitro benzene ring substituents is 1. The number of carboxylic acid groups (broad SMARTS) is 1. The summed E-state index contributed by atoms with van der Waals surface area (Å²) in [5, 5.41) is 20.2. The van der Waals surface area contributed by atoms with Gasteiger partial charge >= 0.3 is 12.1 Å². The van der Waals surface area contributed by atoms with Crippen LogP contribution in [0.5, 0.6) is 0 Å². The molecule has 0 aliphatic carbocycles. The Hall–Kier alpha value is -2.73. The average Bonchev–Trinajstić information content (AvgIpc) is 2.97. The zero-order valence-electron chi connectivity index (χ0n) is 15.4. The van der Waals surface area contributed by atoms with Crippen molar-refractivity contribution in [1.29, 1.82) is 0 Å². The molecule has 0 spiro atoms. The molecule has 0 radical (unpaired) electrons. The topological polar surface area (TPSA) is 153 Å². The number of nitro groups is 1. The first kappa shape index (κ1) is 21.6. The molecule has 1 amide bonds. The van der Waals surface area contributed by atoms with Gasteiger partial charge in [-0.3, -0.25) is 19.2 Å². The molecule has 1 aromatic rings. The van der Waals surface area contributed by atoms with Gasteiger partial charge in [0.25, 0.3) is 15.8 Å². The second kappa shape index (κ2) is 7.72. The van der Waals surface area contributed by atoms with E-state index in [0.717, 1.165) is 23.1 Å². The van der Waals surface area contributed by atoms with Gasteiger partial charge in [0.1, 0.15) is 16.5 Å². The highest BCUT2D eigenvalue weighted by molar-refractivity contribution is 7.86. The summed E-state index contributed by atoms with van der Waals surface area (Å²) in [5.74, 6) is -1.33. The number of benzene rings is 1. The molecule has 2 atom stereocenters. The van der Waals surface area contributed by atoms with E-state index in [1.165, 1.54) is 6.07 Å². The summed E-state index contributed by atoms with van der Waals surface area (Å²) in [6, 6.07) is 2.96. The van der Waals surface area contributed by atoms with Crippen LogP contribution in [0.3, 0.4) is 0 Å². The molecule has 12 heteroatoms. The Morgan fingerprint density at radius 2 is 1.96 bits per heavy atom. The summed E-state index contributed by atoms with van der Waals surface area (Å²) >= 11 is 0. The highest BCUT2D eigenvalue weighted by Crippen LogP contribution is 2.27. The zero-order chi connectivity index (χ0) is 21.3. The fourth-order valence-corrected chi connectivity index (χ4v) is 3.73. The van der Waals surface area contributed by atoms with Crippen molar-refractivity contribution in [3.63, 3.8) is 0 Å². The van der Waals surface area contributed by atoms with Crippen molar-refractivity contribution in [1.82, 2.24) is 4.90 Å². The van der Waals surface area contributed by atoms with Crippen molar-refractivity contribution in [3.05, 3.63) is 34.4 Å². The normalized spacial score (nSPS) is 20.0. The van der Waals surface area contributed by atoms with Crippen LogP contribution in [-0.2, 0) is 23.8 Å². The van der Waals surface area contributed by atoms with Crippen LogP contribution in [-0.4, -0.2) is 59.7 Å². The first-order chi connectivity index (χ1) is 12.8. The van der Waals surface area contributed by atoms with Crippen molar-refractivity contribution >= 4 is 27.9 Å². The Bertz CT molecular complexity index is 892. The molecular formula is C16H20N2O9S. The fourth-order valence-electron chi connectivity index (χ4n) is 2.61. The van der Waals surface area contributed by atoms with Gasteiger partial charge in [-0.25, -0.2) is 9.59 Å². The second-order valence-electron chi connectivity index (χ2n) is 7.15. The number of carbonyl (C=O) groups is 2. The van der Waals surface area contributed by atoms with Gasteiger partial charge < -0.3 is 9.84 Å². The van der Waals surface area contributed by atoms with Crippen molar-refractivity contribution in [2.45, 2.75) is 49.8 Å². The number of amides is 1. The summed E-state index contributed by atoms with van der Waals surface area (Å²) < 4.78 is 35.0. The standard InChI is InChI=1S/C16H20N2O9S/c1-16(2,3)26-15(21)17-9-11(8-13(17)14(19)20)27-28(24,25)12-6-4-5-10(7-12)18(22)23/h4-7,11,13H,8-9H2,1-3H3,(H,19,20)/t11-,13-/m0/s1. The maximum atomic E-state index is 12.4. The van der Waals surface area contributed by atoms with Gasteiger partial charge in [0.2, 0.25) is 0 Å². The Morgan fingerprint density at radius 1 is 1.32 bits per heavy atom. The molecule has 2 rings (SSSR count). The van der Waals surface area contributed by atoms with Gasteiger partial charge in [0, 0.05) is 18.6 Å². The quantitative estimate of drug-likeness (QED) is 0.429. The van der Waals surface area contributed by atoms with Crippen LogP contribution in [0.25, 0.3) is 0 Å². The lowest BCUT2D eigenvalue weighted by molar-refractivity contribution is -0.385. The molecule has 1 N–H and O–H groups in total. The van der Waals surface area contributed by atoms with Crippen LogP contribution < -0.4 is 0 Å². The maximum absolute atomic E-state index is 12.4. The Kier molecular flexibility index (Phi) is 5.94. The molecule has 0 unspecified atom stereocenters. The molecule has 1 aliphatic rings. The molecule has 0 aromatic heterocycles. The van der Waals surface area contributed by atoms with Gasteiger partial charge in [0.05, 0.1) is 17.6 Å². The molecule has 1 aromatic carbocycles.